The van der Waals surface area contributed by atoms with Crippen LogP contribution in [0.4, 0.5) is 0 Å². The Kier molecular flexibility index (Phi) is 4.09. The van der Waals surface area contributed by atoms with Gasteiger partial charge in [0.25, 0.3) is 0 Å². The second kappa shape index (κ2) is 5.23. The van der Waals surface area contributed by atoms with Crippen molar-refractivity contribution in [3.8, 4) is 0 Å². The number of Topliss-reactive ketones (excluding diaryl/α,β-unsaturated/α-hetero) is 1. The van der Waals surface area contributed by atoms with E-state index < -0.39 is 0 Å². The summed E-state index contributed by atoms with van der Waals surface area (Å²) in [7, 11) is 0. The highest BCUT2D eigenvalue weighted by molar-refractivity contribution is 9.11. The molecule has 1 nitrogen and oxygen atoms in total. The van der Waals surface area contributed by atoms with Crippen molar-refractivity contribution in [2.45, 2.75) is 40.0 Å². The van der Waals surface area contributed by atoms with Gasteiger partial charge in [0.2, 0.25) is 0 Å². The minimum absolute atomic E-state index is 0.249. The lowest BCUT2D eigenvalue weighted by atomic mass is 9.75. The van der Waals surface area contributed by atoms with E-state index in [-0.39, 0.29) is 5.92 Å². The van der Waals surface area contributed by atoms with Gasteiger partial charge in [0.1, 0.15) is 0 Å². The maximum absolute atomic E-state index is 12.4. The van der Waals surface area contributed by atoms with E-state index in [0.717, 1.165) is 21.5 Å². The Morgan fingerprint density at radius 1 is 1.29 bits per heavy atom. The van der Waals surface area contributed by atoms with Gasteiger partial charge in [-0.25, -0.2) is 0 Å². The molecule has 0 spiro atoms. The van der Waals surface area contributed by atoms with Crippen LogP contribution in [0.1, 0.15) is 48.3 Å². The molecule has 0 saturated heterocycles. The number of carbonyl (C=O) groups excluding carboxylic acids is 1. The van der Waals surface area contributed by atoms with Gasteiger partial charge >= 0.3 is 0 Å². The van der Waals surface area contributed by atoms with Gasteiger partial charge in [-0.3, -0.25) is 4.79 Å². The van der Waals surface area contributed by atoms with Gasteiger partial charge in [-0.05, 0) is 65.6 Å². The summed E-state index contributed by atoms with van der Waals surface area (Å²) in [6, 6.07) is 2.03. The average Bonchev–Trinajstić information content (AvgIpc) is 2.57. The number of aryl methyl sites for hydroxylation is 1. The van der Waals surface area contributed by atoms with E-state index in [1.54, 1.807) is 11.3 Å². The number of carbonyl (C=O) groups is 1. The Balaban J connectivity index is 2.14. The third-order valence-corrected chi connectivity index (χ3v) is 5.80. The van der Waals surface area contributed by atoms with Gasteiger partial charge in [0.05, 0.1) is 8.66 Å². The summed E-state index contributed by atoms with van der Waals surface area (Å²) in [5, 5.41) is 0. The zero-order chi connectivity index (χ0) is 12.6. The van der Waals surface area contributed by atoms with Crippen LogP contribution in [0.2, 0.25) is 0 Å². The molecule has 0 amide bonds. The fourth-order valence-electron chi connectivity index (χ4n) is 2.94. The predicted octanol–water partition coefficient (Wildman–Crippen LogP) is 5.07. The van der Waals surface area contributed by atoms with Crippen molar-refractivity contribution in [3.63, 3.8) is 0 Å². The third-order valence-electron chi connectivity index (χ3n) is 3.65. The fourth-order valence-corrected chi connectivity index (χ4v) is 4.50. The molecule has 1 aliphatic rings. The van der Waals surface area contributed by atoms with Crippen LogP contribution in [0, 0.1) is 24.7 Å². The van der Waals surface area contributed by atoms with Crippen LogP contribution in [0.3, 0.4) is 0 Å². The van der Waals surface area contributed by atoms with Crippen molar-refractivity contribution in [1.29, 1.82) is 0 Å². The molecular formula is C14H19BrOS. The summed E-state index contributed by atoms with van der Waals surface area (Å²) >= 11 is 5.08. The van der Waals surface area contributed by atoms with Gasteiger partial charge in [0.15, 0.2) is 5.78 Å². The van der Waals surface area contributed by atoms with E-state index in [1.165, 1.54) is 12.0 Å². The van der Waals surface area contributed by atoms with Crippen LogP contribution in [-0.2, 0) is 0 Å². The first-order valence-electron chi connectivity index (χ1n) is 6.27. The highest BCUT2D eigenvalue weighted by Crippen LogP contribution is 2.37. The third kappa shape index (κ3) is 3.00. The lowest BCUT2D eigenvalue weighted by Gasteiger charge is -2.30. The summed E-state index contributed by atoms with van der Waals surface area (Å²) < 4.78 is 1.10. The predicted molar refractivity (Wildman–Crippen MR) is 76.8 cm³/mol. The molecule has 2 rings (SSSR count). The Bertz CT molecular complexity index is 394. The molecule has 1 saturated carbocycles. The molecule has 3 heteroatoms. The molecule has 1 aromatic heterocycles. The van der Waals surface area contributed by atoms with Gasteiger partial charge in [-0.2, -0.15) is 0 Å². The van der Waals surface area contributed by atoms with Crippen LogP contribution in [0.5, 0.6) is 0 Å². The van der Waals surface area contributed by atoms with E-state index in [1.807, 2.05) is 13.0 Å². The molecule has 0 N–H and O–H groups in total. The topological polar surface area (TPSA) is 17.1 Å². The molecule has 2 atom stereocenters. The normalized spacial score (nSPS) is 29.3. The van der Waals surface area contributed by atoms with Crippen molar-refractivity contribution in [2.75, 3.05) is 0 Å². The molecule has 1 fully saturated rings. The van der Waals surface area contributed by atoms with Crippen LogP contribution < -0.4 is 0 Å². The Morgan fingerprint density at radius 2 is 1.88 bits per heavy atom. The lowest BCUT2D eigenvalue weighted by Crippen LogP contribution is -2.25. The van der Waals surface area contributed by atoms with Crippen molar-refractivity contribution < 1.29 is 4.79 Å². The number of halogens is 1. The summed E-state index contributed by atoms with van der Waals surface area (Å²) in [6.45, 7) is 6.58. The van der Waals surface area contributed by atoms with E-state index in [4.69, 9.17) is 0 Å². The molecule has 17 heavy (non-hydrogen) atoms. The van der Waals surface area contributed by atoms with E-state index in [0.29, 0.717) is 17.6 Å². The van der Waals surface area contributed by atoms with Gasteiger partial charge in [-0.15, -0.1) is 11.3 Å². The minimum atomic E-state index is 0.249. The number of ketones is 1. The second-order valence-electron chi connectivity index (χ2n) is 5.55. The Labute approximate surface area is 116 Å². The van der Waals surface area contributed by atoms with Crippen LogP contribution in [-0.4, -0.2) is 5.78 Å². The maximum Gasteiger partial charge on any atom is 0.175 e. The largest absolute Gasteiger partial charge is 0.293 e. The molecular weight excluding hydrogens is 296 g/mol. The highest BCUT2D eigenvalue weighted by atomic mass is 79.9. The first kappa shape index (κ1) is 13.3. The standard InChI is InChI=1S/C14H19BrOS/c1-8-4-9(2)6-11(5-8)13(16)12-7-10(3)14(15)17-12/h7-9,11H,4-6H2,1-3H3. The SMILES string of the molecule is Cc1cc(C(=O)C2CC(C)CC(C)C2)sc1Br. The summed E-state index contributed by atoms with van der Waals surface area (Å²) in [6.07, 6.45) is 3.41. The molecule has 1 heterocycles. The van der Waals surface area contributed by atoms with Crippen LogP contribution in [0.25, 0.3) is 0 Å². The minimum Gasteiger partial charge on any atom is -0.293 e. The first-order valence-corrected chi connectivity index (χ1v) is 7.88. The zero-order valence-corrected chi connectivity index (χ0v) is 13.0. The van der Waals surface area contributed by atoms with Gasteiger partial charge < -0.3 is 0 Å². The van der Waals surface area contributed by atoms with Gasteiger partial charge in [0, 0.05) is 5.92 Å². The monoisotopic (exact) mass is 314 g/mol. The van der Waals surface area contributed by atoms with Crippen molar-refractivity contribution in [2.24, 2.45) is 17.8 Å². The molecule has 1 aliphatic carbocycles. The number of thiophene rings is 1. The summed E-state index contributed by atoms with van der Waals surface area (Å²) in [4.78, 5) is 13.4. The average molecular weight is 315 g/mol. The summed E-state index contributed by atoms with van der Waals surface area (Å²) in [5.41, 5.74) is 1.18. The Hall–Kier alpha value is -0.150. The lowest BCUT2D eigenvalue weighted by molar-refractivity contribution is 0.0840. The molecule has 0 radical (unpaired) electrons. The molecule has 1 aromatic rings. The van der Waals surface area contributed by atoms with Crippen LogP contribution in [0.15, 0.2) is 9.85 Å². The van der Waals surface area contributed by atoms with Crippen molar-refractivity contribution in [1.82, 2.24) is 0 Å². The van der Waals surface area contributed by atoms with Crippen LogP contribution >= 0.6 is 27.3 Å². The smallest absolute Gasteiger partial charge is 0.175 e. The zero-order valence-electron chi connectivity index (χ0n) is 10.6. The van der Waals surface area contributed by atoms with E-state index in [9.17, 15) is 4.79 Å². The number of hydrogen-bond acceptors (Lipinski definition) is 2. The van der Waals surface area contributed by atoms with Crippen molar-refractivity contribution in [3.05, 3.63) is 20.3 Å². The first-order chi connectivity index (χ1) is 7.97. The molecule has 94 valence electrons. The molecule has 0 aliphatic heterocycles. The second-order valence-corrected chi connectivity index (χ2v) is 7.92. The van der Waals surface area contributed by atoms with Gasteiger partial charge in [-0.1, -0.05) is 13.8 Å². The number of rotatable bonds is 2. The Morgan fingerprint density at radius 3 is 2.35 bits per heavy atom. The molecule has 2 unspecified atom stereocenters. The number of hydrogen-bond donors (Lipinski definition) is 0. The van der Waals surface area contributed by atoms with Crippen molar-refractivity contribution >= 4 is 33.0 Å². The molecule has 0 aromatic carbocycles. The molecule has 0 bridgehead atoms. The fraction of sp³-hybridized carbons (Fsp3) is 0.643. The maximum atomic E-state index is 12.4. The van der Waals surface area contributed by atoms with E-state index in [2.05, 4.69) is 29.8 Å². The quantitative estimate of drug-likeness (QED) is 0.696. The highest BCUT2D eigenvalue weighted by Gasteiger charge is 2.30. The summed E-state index contributed by atoms with van der Waals surface area (Å²) in [5.74, 6) is 2.00. The van der Waals surface area contributed by atoms with E-state index >= 15 is 0 Å².